The molecule has 0 fully saturated rings. The van der Waals surface area contributed by atoms with Crippen LogP contribution in [0.25, 0.3) is 0 Å². The number of ether oxygens (including phenoxy) is 1. The molecule has 0 saturated carbocycles. The van der Waals surface area contributed by atoms with Crippen LogP contribution in [0.2, 0.25) is 0 Å². The highest BCUT2D eigenvalue weighted by Crippen LogP contribution is 2.18. The van der Waals surface area contributed by atoms with Crippen LogP contribution < -0.4 is 9.64 Å². The molecule has 1 aromatic rings. The van der Waals surface area contributed by atoms with Gasteiger partial charge in [-0.2, -0.15) is 0 Å². The van der Waals surface area contributed by atoms with Crippen LogP contribution in [0.1, 0.15) is 20.8 Å². The summed E-state index contributed by atoms with van der Waals surface area (Å²) in [5.74, 6) is 0.842. The Bertz CT molecular complexity index is 330. The van der Waals surface area contributed by atoms with E-state index in [1.165, 1.54) is 0 Å². The Morgan fingerprint density at radius 3 is 2.18 bits per heavy atom. The van der Waals surface area contributed by atoms with Crippen LogP contribution in [-0.2, 0) is 9.78 Å². The molecule has 0 spiro atoms. The second-order valence-corrected chi connectivity index (χ2v) is 4.84. The van der Waals surface area contributed by atoms with E-state index in [4.69, 9.17) is 14.5 Å². The minimum absolute atomic E-state index is 0.291. The van der Waals surface area contributed by atoms with Crippen molar-refractivity contribution in [1.82, 2.24) is 0 Å². The molecule has 0 aliphatic rings. The van der Waals surface area contributed by atoms with E-state index in [0.29, 0.717) is 6.73 Å². The van der Waals surface area contributed by atoms with Gasteiger partial charge >= 0.3 is 0 Å². The first kappa shape index (κ1) is 13.8. The highest BCUT2D eigenvalue weighted by Gasteiger charge is 2.12. The summed E-state index contributed by atoms with van der Waals surface area (Å²) in [6, 6.07) is 7.77. The molecule has 0 heterocycles. The number of benzene rings is 1. The van der Waals surface area contributed by atoms with E-state index in [0.717, 1.165) is 11.4 Å². The topological polar surface area (TPSA) is 30.9 Å². The fourth-order valence-corrected chi connectivity index (χ4v) is 1.19. The van der Waals surface area contributed by atoms with Crippen LogP contribution in [-0.4, -0.2) is 26.5 Å². The normalized spacial score (nSPS) is 11.4. The third-order valence-corrected chi connectivity index (χ3v) is 2.07. The number of methoxy groups -OCH3 is 1. The second-order valence-electron chi connectivity index (χ2n) is 4.84. The predicted molar refractivity (Wildman–Crippen MR) is 68.2 cm³/mol. The zero-order chi connectivity index (χ0) is 12.9. The van der Waals surface area contributed by atoms with Crippen molar-refractivity contribution >= 4 is 5.69 Å². The molecule has 17 heavy (non-hydrogen) atoms. The summed E-state index contributed by atoms with van der Waals surface area (Å²) in [6.07, 6.45) is 0. The first-order valence-corrected chi connectivity index (χ1v) is 5.58. The molecule has 0 atom stereocenters. The van der Waals surface area contributed by atoms with Gasteiger partial charge in [-0.25, -0.2) is 9.78 Å². The molecule has 0 amide bonds. The van der Waals surface area contributed by atoms with Crippen molar-refractivity contribution in [3.63, 3.8) is 0 Å². The van der Waals surface area contributed by atoms with E-state index in [9.17, 15) is 0 Å². The molecule has 0 unspecified atom stereocenters. The number of rotatable bonds is 5. The number of hydrogen-bond acceptors (Lipinski definition) is 4. The molecule has 4 nitrogen and oxygen atoms in total. The first-order chi connectivity index (χ1) is 7.92. The van der Waals surface area contributed by atoms with Crippen molar-refractivity contribution in [2.75, 3.05) is 25.8 Å². The molecular weight excluding hydrogens is 218 g/mol. The lowest BCUT2D eigenvalue weighted by Gasteiger charge is -2.22. The fourth-order valence-electron chi connectivity index (χ4n) is 1.19. The lowest BCUT2D eigenvalue weighted by Crippen LogP contribution is -2.26. The van der Waals surface area contributed by atoms with Gasteiger partial charge in [-0.15, -0.1) is 0 Å². The average Bonchev–Trinajstić information content (AvgIpc) is 2.27. The fraction of sp³-hybridized carbons (Fsp3) is 0.538. The zero-order valence-electron chi connectivity index (χ0n) is 11.2. The highest BCUT2D eigenvalue weighted by molar-refractivity contribution is 5.47. The summed E-state index contributed by atoms with van der Waals surface area (Å²) in [5, 5.41) is 0. The minimum atomic E-state index is -0.291. The van der Waals surface area contributed by atoms with Gasteiger partial charge < -0.3 is 9.64 Å². The third-order valence-electron chi connectivity index (χ3n) is 2.07. The van der Waals surface area contributed by atoms with Crippen molar-refractivity contribution < 1.29 is 14.5 Å². The molecule has 1 rings (SSSR count). The molecular formula is C13H21NO3. The Morgan fingerprint density at radius 2 is 1.71 bits per heavy atom. The number of anilines is 1. The van der Waals surface area contributed by atoms with Gasteiger partial charge in [-0.1, -0.05) is 0 Å². The van der Waals surface area contributed by atoms with Crippen molar-refractivity contribution in [3.05, 3.63) is 24.3 Å². The summed E-state index contributed by atoms with van der Waals surface area (Å²) >= 11 is 0. The summed E-state index contributed by atoms with van der Waals surface area (Å²) in [6.45, 7) is 6.21. The minimum Gasteiger partial charge on any atom is -0.497 e. The summed E-state index contributed by atoms with van der Waals surface area (Å²) in [5.41, 5.74) is 0.754. The summed E-state index contributed by atoms with van der Waals surface area (Å²) in [4.78, 5) is 12.3. The SMILES string of the molecule is COc1ccc(N(C)COOC(C)(C)C)cc1. The molecule has 0 radical (unpaired) electrons. The van der Waals surface area contributed by atoms with Gasteiger partial charge in [-0.05, 0) is 45.0 Å². The quantitative estimate of drug-likeness (QED) is 0.449. The van der Waals surface area contributed by atoms with Crippen LogP contribution in [0.15, 0.2) is 24.3 Å². The van der Waals surface area contributed by atoms with Gasteiger partial charge in [0.15, 0.2) is 6.73 Å². The molecule has 0 saturated heterocycles. The summed E-state index contributed by atoms with van der Waals surface area (Å²) < 4.78 is 5.10. The Morgan fingerprint density at radius 1 is 1.12 bits per heavy atom. The van der Waals surface area contributed by atoms with E-state index in [2.05, 4.69) is 0 Å². The largest absolute Gasteiger partial charge is 0.497 e. The van der Waals surface area contributed by atoms with Crippen molar-refractivity contribution in [2.24, 2.45) is 0 Å². The molecule has 0 aromatic heterocycles. The van der Waals surface area contributed by atoms with Crippen LogP contribution in [0, 0.1) is 0 Å². The lowest BCUT2D eigenvalue weighted by molar-refractivity contribution is -0.347. The molecule has 1 aromatic carbocycles. The summed E-state index contributed by atoms with van der Waals surface area (Å²) in [7, 11) is 3.59. The monoisotopic (exact) mass is 239 g/mol. The first-order valence-electron chi connectivity index (χ1n) is 5.58. The zero-order valence-corrected chi connectivity index (χ0v) is 11.2. The van der Waals surface area contributed by atoms with Gasteiger partial charge in [-0.3, -0.25) is 0 Å². The van der Waals surface area contributed by atoms with Gasteiger partial charge in [0.2, 0.25) is 0 Å². The van der Waals surface area contributed by atoms with Crippen LogP contribution >= 0.6 is 0 Å². The highest BCUT2D eigenvalue weighted by atomic mass is 17.2. The van der Waals surface area contributed by atoms with Crippen LogP contribution in [0.3, 0.4) is 0 Å². The smallest absolute Gasteiger partial charge is 0.154 e. The molecule has 0 aliphatic heterocycles. The number of nitrogens with zero attached hydrogens (tertiary/aromatic N) is 1. The van der Waals surface area contributed by atoms with Crippen LogP contribution in [0.4, 0.5) is 5.69 Å². The van der Waals surface area contributed by atoms with E-state index in [1.54, 1.807) is 7.11 Å². The van der Waals surface area contributed by atoms with Crippen molar-refractivity contribution in [2.45, 2.75) is 26.4 Å². The maximum Gasteiger partial charge on any atom is 0.154 e. The lowest BCUT2D eigenvalue weighted by atomic mass is 10.2. The Hall–Kier alpha value is -1.26. The van der Waals surface area contributed by atoms with Gasteiger partial charge in [0.1, 0.15) is 5.75 Å². The van der Waals surface area contributed by atoms with Gasteiger partial charge in [0.25, 0.3) is 0 Å². The molecule has 0 bridgehead atoms. The maximum absolute atomic E-state index is 5.20. The average molecular weight is 239 g/mol. The standard InChI is InChI=1S/C13H21NO3/c1-13(2,3)17-16-10-14(4)11-6-8-12(15-5)9-7-11/h6-9H,10H2,1-5H3. The Balaban J connectivity index is 2.43. The number of hydrogen-bond donors (Lipinski definition) is 0. The predicted octanol–water partition coefficient (Wildman–Crippen LogP) is 2.84. The molecule has 0 N–H and O–H groups in total. The van der Waals surface area contributed by atoms with E-state index in [-0.39, 0.29) is 5.60 Å². The van der Waals surface area contributed by atoms with E-state index < -0.39 is 0 Å². The second kappa shape index (κ2) is 5.89. The third kappa shape index (κ3) is 5.06. The molecule has 96 valence electrons. The Labute approximate surface area is 103 Å². The van der Waals surface area contributed by atoms with E-state index in [1.807, 2.05) is 57.0 Å². The van der Waals surface area contributed by atoms with Crippen LogP contribution in [0.5, 0.6) is 5.75 Å². The molecule has 0 aliphatic carbocycles. The van der Waals surface area contributed by atoms with Gasteiger partial charge in [0.05, 0.1) is 12.7 Å². The van der Waals surface area contributed by atoms with E-state index >= 15 is 0 Å². The Kier molecular flexibility index (Phi) is 4.78. The van der Waals surface area contributed by atoms with Gasteiger partial charge in [0, 0.05) is 12.7 Å². The maximum atomic E-state index is 5.20. The van der Waals surface area contributed by atoms with Crippen molar-refractivity contribution in [1.29, 1.82) is 0 Å². The molecule has 4 heteroatoms. The van der Waals surface area contributed by atoms with Crippen molar-refractivity contribution in [3.8, 4) is 5.75 Å².